The summed E-state index contributed by atoms with van der Waals surface area (Å²) in [7, 11) is 0. The molecule has 2 amide bonds. The molecule has 120 valence electrons. The molecule has 0 aliphatic carbocycles. The number of allylic oxidation sites excluding steroid dienone is 1. The first-order valence-electron chi connectivity index (χ1n) is 7.98. The van der Waals surface area contributed by atoms with Crippen molar-refractivity contribution in [3.63, 3.8) is 0 Å². The molecule has 0 unspecified atom stereocenters. The van der Waals surface area contributed by atoms with E-state index in [-0.39, 0.29) is 11.1 Å². The molecular weight excluding hydrogens is 501 g/mol. The molecule has 1 N–H and O–H groups in total. The van der Waals surface area contributed by atoms with Crippen molar-refractivity contribution in [2.75, 3.05) is 0 Å². The minimum absolute atomic E-state index is 0.220. The molecule has 6 heteroatoms. The molecule has 1 fully saturated rings. The van der Waals surface area contributed by atoms with Gasteiger partial charge >= 0.3 is 166 Å². The van der Waals surface area contributed by atoms with Crippen LogP contribution in [0.15, 0.2) is 55.2 Å². The number of benzene rings is 2. The van der Waals surface area contributed by atoms with E-state index in [4.69, 9.17) is 0 Å². The fourth-order valence-corrected chi connectivity index (χ4v) is 16.8. The summed E-state index contributed by atoms with van der Waals surface area (Å²) in [4.78, 5) is 24.6. The maximum absolute atomic E-state index is 12.3. The molecule has 2 aromatic rings. The Morgan fingerprint density at radius 2 is 1.92 bits per heavy atom. The minimum atomic E-state index is -2.50. The van der Waals surface area contributed by atoms with E-state index in [0.29, 0.717) is 4.91 Å². The molecule has 5 rings (SSSR count). The second-order valence-electron chi connectivity index (χ2n) is 6.32. The first-order valence-corrected chi connectivity index (χ1v) is 14.5. The molecule has 0 atom stereocenters. The fraction of sp³-hybridized carbons (Fsp3) is 0.0526. The SMILES string of the molecule is O=C1NC(=O)/C(=[C]2\c3ccc[c]4c3C=[C](Cc3ccccc3Br)[In]24)S1. The number of nitrogens with one attached hydrogen (secondary N) is 1. The van der Waals surface area contributed by atoms with Crippen LogP contribution in [0.2, 0.25) is 0 Å². The molecular formula is C19H11BrInNO2S. The Hall–Kier alpha value is -1.24. The van der Waals surface area contributed by atoms with Crippen LogP contribution in [0.1, 0.15) is 16.7 Å². The van der Waals surface area contributed by atoms with Crippen LogP contribution in [-0.2, 0) is 11.2 Å². The predicted octanol–water partition coefficient (Wildman–Crippen LogP) is 3.58. The monoisotopic (exact) mass is 511 g/mol. The number of rotatable bonds is 2. The Morgan fingerprint density at radius 1 is 1.08 bits per heavy atom. The number of thioether (sulfide) groups is 1. The zero-order valence-electron chi connectivity index (χ0n) is 13.0. The van der Waals surface area contributed by atoms with Gasteiger partial charge in [-0.1, -0.05) is 0 Å². The molecule has 3 aliphatic heterocycles. The van der Waals surface area contributed by atoms with Gasteiger partial charge in [0, 0.05) is 0 Å². The van der Waals surface area contributed by atoms with E-state index in [2.05, 4.69) is 63.7 Å². The third-order valence-corrected chi connectivity index (χ3v) is 17.0. The summed E-state index contributed by atoms with van der Waals surface area (Å²) in [6.45, 7) is 0. The molecule has 0 aromatic heterocycles. The standard InChI is InChI=1S/C19H11BrNO2S.In/c20-16-11-4-3-7-14(16)10-5-9-13-6-1-2-8-15(13)12-17-18(22)21-19(23)24-17;/h1-4,7-9,11H,10H2,(H,21,22,23);. The number of hydrogen-bond donors (Lipinski definition) is 1. The van der Waals surface area contributed by atoms with Crippen molar-refractivity contribution in [2.24, 2.45) is 0 Å². The van der Waals surface area contributed by atoms with Crippen LogP contribution in [0.4, 0.5) is 4.79 Å². The summed E-state index contributed by atoms with van der Waals surface area (Å²) in [5.41, 5.74) is 3.75. The third kappa shape index (κ3) is 2.41. The Bertz CT molecular complexity index is 1040. The van der Waals surface area contributed by atoms with Crippen LogP contribution in [0.25, 0.3) is 9.41 Å². The van der Waals surface area contributed by atoms with Gasteiger partial charge in [-0.2, -0.15) is 0 Å². The van der Waals surface area contributed by atoms with Gasteiger partial charge in [-0.25, -0.2) is 0 Å². The fourth-order valence-electron chi connectivity index (χ4n) is 3.96. The first kappa shape index (κ1) is 16.0. The zero-order valence-corrected chi connectivity index (χ0v) is 18.7. The van der Waals surface area contributed by atoms with Crippen LogP contribution < -0.4 is 8.64 Å². The Kier molecular flexibility index (Phi) is 3.77. The van der Waals surface area contributed by atoms with E-state index in [1.807, 2.05) is 6.07 Å². The molecule has 3 aliphatic rings. The van der Waals surface area contributed by atoms with Gasteiger partial charge in [-0.05, 0) is 0 Å². The summed E-state index contributed by atoms with van der Waals surface area (Å²) < 4.78 is 5.26. The van der Waals surface area contributed by atoms with E-state index in [1.54, 1.807) is 0 Å². The van der Waals surface area contributed by atoms with Crippen molar-refractivity contribution in [3.8, 4) is 0 Å². The van der Waals surface area contributed by atoms with Crippen LogP contribution in [-0.4, -0.2) is 32.6 Å². The average molecular weight is 512 g/mol. The summed E-state index contributed by atoms with van der Waals surface area (Å²) in [6.07, 6.45) is 3.25. The molecule has 3 nitrogen and oxygen atoms in total. The molecule has 3 heterocycles. The Morgan fingerprint density at radius 3 is 2.64 bits per heavy atom. The van der Waals surface area contributed by atoms with E-state index >= 15 is 0 Å². The summed E-state index contributed by atoms with van der Waals surface area (Å²) >= 11 is 2.22. The van der Waals surface area contributed by atoms with E-state index in [0.717, 1.165) is 22.7 Å². The molecule has 1 saturated heterocycles. The quantitative estimate of drug-likeness (QED) is 0.627. The summed E-state index contributed by atoms with van der Waals surface area (Å²) in [5, 5.41) is 2.17. The Balaban J connectivity index is 1.63. The zero-order chi connectivity index (χ0) is 17.1. The van der Waals surface area contributed by atoms with E-state index in [9.17, 15) is 9.59 Å². The molecule has 4 bridgehead atoms. The number of hydrogen-bond acceptors (Lipinski definition) is 3. The topological polar surface area (TPSA) is 46.2 Å². The normalized spacial score (nSPS) is 20.4. The van der Waals surface area contributed by atoms with Gasteiger partial charge in [0.25, 0.3) is 0 Å². The average Bonchev–Trinajstić information content (AvgIpc) is 3.15. The second kappa shape index (κ2) is 5.89. The van der Waals surface area contributed by atoms with E-state index in [1.165, 1.54) is 26.7 Å². The molecule has 0 saturated carbocycles. The van der Waals surface area contributed by atoms with Crippen molar-refractivity contribution >= 4 is 73.0 Å². The van der Waals surface area contributed by atoms with Crippen molar-refractivity contribution in [3.05, 3.63) is 71.9 Å². The first-order chi connectivity index (χ1) is 12.1. The number of amides is 2. The third-order valence-electron chi connectivity index (χ3n) is 4.94. The molecule has 0 spiro atoms. The van der Waals surface area contributed by atoms with Gasteiger partial charge in [0.1, 0.15) is 0 Å². The van der Waals surface area contributed by atoms with Gasteiger partial charge in [0.05, 0.1) is 0 Å². The van der Waals surface area contributed by atoms with Crippen molar-refractivity contribution < 1.29 is 9.59 Å². The Labute approximate surface area is 165 Å². The van der Waals surface area contributed by atoms with E-state index < -0.39 is 21.4 Å². The van der Waals surface area contributed by atoms with Crippen molar-refractivity contribution in [1.82, 2.24) is 5.32 Å². The van der Waals surface area contributed by atoms with Crippen LogP contribution in [0.3, 0.4) is 0 Å². The number of imide groups is 1. The maximum atomic E-state index is 12.3. The van der Waals surface area contributed by atoms with Gasteiger partial charge in [0.15, 0.2) is 0 Å². The van der Waals surface area contributed by atoms with Gasteiger partial charge in [-0.15, -0.1) is 0 Å². The molecule has 25 heavy (non-hydrogen) atoms. The van der Waals surface area contributed by atoms with Crippen LogP contribution in [0.5, 0.6) is 0 Å². The summed E-state index contributed by atoms with van der Waals surface area (Å²) in [5.74, 6) is -0.220. The molecule has 0 radical (unpaired) electrons. The van der Waals surface area contributed by atoms with Gasteiger partial charge in [0.2, 0.25) is 0 Å². The number of carbonyl (C=O) groups is 2. The van der Waals surface area contributed by atoms with Crippen molar-refractivity contribution in [1.29, 1.82) is 0 Å². The number of halogens is 1. The number of carbonyl (C=O) groups excluding carboxylic acids is 2. The van der Waals surface area contributed by atoms with Gasteiger partial charge < -0.3 is 0 Å². The van der Waals surface area contributed by atoms with Crippen molar-refractivity contribution in [2.45, 2.75) is 6.42 Å². The van der Waals surface area contributed by atoms with Crippen LogP contribution in [0, 0.1) is 0 Å². The summed E-state index contributed by atoms with van der Waals surface area (Å²) in [6, 6.07) is 14.7. The predicted molar refractivity (Wildman–Crippen MR) is 106 cm³/mol. The molecule has 2 aromatic carbocycles. The second-order valence-corrected chi connectivity index (χ2v) is 16.2. The van der Waals surface area contributed by atoms with Crippen LogP contribution >= 0.6 is 27.7 Å². The van der Waals surface area contributed by atoms with Gasteiger partial charge in [-0.3, -0.25) is 0 Å².